The van der Waals surface area contributed by atoms with Crippen molar-refractivity contribution in [3.05, 3.63) is 35.4 Å². The number of hydrogen-bond acceptors (Lipinski definition) is 2. The molecule has 0 radical (unpaired) electrons. The van der Waals surface area contributed by atoms with Crippen molar-refractivity contribution in [1.29, 1.82) is 0 Å². The van der Waals surface area contributed by atoms with Gasteiger partial charge in [0.15, 0.2) is 5.78 Å². The van der Waals surface area contributed by atoms with Gasteiger partial charge in [0, 0.05) is 12.2 Å². The standard InChI is InChI=1S/C18H26O2/c1-2-3-4-5-6-9-14-20-17-13-12-15-10-7-8-11-16(15)18(17)19/h7-8,10-11,17H,2-6,9,12-14H2,1H3. The summed E-state index contributed by atoms with van der Waals surface area (Å²) in [6, 6.07) is 7.92. The van der Waals surface area contributed by atoms with E-state index >= 15 is 0 Å². The van der Waals surface area contributed by atoms with Crippen molar-refractivity contribution >= 4 is 5.78 Å². The Balaban J connectivity index is 1.69. The molecule has 1 aromatic rings. The Morgan fingerprint density at radius 2 is 1.85 bits per heavy atom. The average molecular weight is 274 g/mol. The van der Waals surface area contributed by atoms with Crippen LogP contribution in [0, 0.1) is 0 Å². The van der Waals surface area contributed by atoms with Gasteiger partial charge in [0.2, 0.25) is 0 Å². The number of carbonyl (C=O) groups excluding carboxylic acids is 1. The topological polar surface area (TPSA) is 26.3 Å². The highest BCUT2D eigenvalue weighted by Crippen LogP contribution is 2.23. The summed E-state index contributed by atoms with van der Waals surface area (Å²) in [7, 11) is 0. The summed E-state index contributed by atoms with van der Waals surface area (Å²) in [5, 5.41) is 0. The number of ether oxygens (including phenoxy) is 1. The van der Waals surface area contributed by atoms with Gasteiger partial charge in [-0.3, -0.25) is 4.79 Å². The molecule has 0 bridgehead atoms. The van der Waals surface area contributed by atoms with Crippen molar-refractivity contribution in [2.75, 3.05) is 6.61 Å². The van der Waals surface area contributed by atoms with Crippen LogP contribution in [-0.2, 0) is 11.2 Å². The number of benzene rings is 1. The molecule has 0 aromatic heterocycles. The van der Waals surface area contributed by atoms with Crippen LogP contribution in [0.4, 0.5) is 0 Å². The monoisotopic (exact) mass is 274 g/mol. The van der Waals surface area contributed by atoms with Crippen molar-refractivity contribution in [2.45, 2.75) is 64.4 Å². The maximum atomic E-state index is 12.3. The van der Waals surface area contributed by atoms with Crippen LogP contribution in [0.1, 0.15) is 67.8 Å². The van der Waals surface area contributed by atoms with Gasteiger partial charge in [0.25, 0.3) is 0 Å². The first kappa shape index (κ1) is 15.2. The predicted octanol–water partition coefficient (Wildman–Crippen LogP) is 4.56. The van der Waals surface area contributed by atoms with Gasteiger partial charge >= 0.3 is 0 Å². The summed E-state index contributed by atoms with van der Waals surface area (Å²) in [6.07, 6.45) is 9.12. The molecule has 2 nitrogen and oxygen atoms in total. The molecule has 0 N–H and O–H groups in total. The minimum Gasteiger partial charge on any atom is -0.370 e. The maximum Gasteiger partial charge on any atom is 0.191 e. The van der Waals surface area contributed by atoms with Gasteiger partial charge in [-0.1, -0.05) is 63.3 Å². The average Bonchev–Trinajstić information content (AvgIpc) is 2.49. The first-order valence-electron chi connectivity index (χ1n) is 8.06. The summed E-state index contributed by atoms with van der Waals surface area (Å²) >= 11 is 0. The van der Waals surface area contributed by atoms with Crippen LogP contribution < -0.4 is 0 Å². The molecule has 0 spiro atoms. The minimum absolute atomic E-state index is 0.179. The van der Waals surface area contributed by atoms with Crippen molar-refractivity contribution in [3.8, 4) is 0 Å². The lowest BCUT2D eigenvalue weighted by atomic mass is 9.89. The number of fused-ring (bicyclic) bond motifs is 1. The second-order valence-corrected chi connectivity index (χ2v) is 5.69. The van der Waals surface area contributed by atoms with Crippen LogP contribution in [-0.4, -0.2) is 18.5 Å². The molecule has 2 heteroatoms. The molecule has 0 amide bonds. The third-order valence-corrected chi connectivity index (χ3v) is 4.07. The minimum atomic E-state index is -0.208. The smallest absolute Gasteiger partial charge is 0.191 e. The van der Waals surface area contributed by atoms with Gasteiger partial charge in [0.1, 0.15) is 6.10 Å². The third kappa shape index (κ3) is 4.17. The molecule has 2 rings (SSSR count). The SMILES string of the molecule is CCCCCCCCOC1CCc2ccccc2C1=O. The Hall–Kier alpha value is -1.15. The van der Waals surface area contributed by atoms with E-state index in [-0.39, 0.29) is 11.9 Å². The highest BCUT2D eigenvalue weighted by atomic mass is 16.5. The summed E-state index contributed by atoms with van der Waals surface area (Å²) in [5.41, 5.74) is 2.05. The van der Waals surface area contributed by atoms with Crippen molar-refractivity contribution in [1.82, 2.24) is 0 Å². The second kappa shape index (κ2) is 8.21. The van der Waals surface area contributed by atoms with Crippen molar-refractivity contribution in [2.24, 2.45) is 0 Å². The van der Waals surface area contributed by atoms with Gasteiger partial charge in [-0.2, -0.15) is 0 Å². The highest BCUT2D eigenvalue weighted by Gasteiger charge is 2.27. The van der Waals surface area contributed by atoms with E-state index in [0.717, 1.165) is 31.4 Å². The van der Waals surface area contributed by atoms with E-state index in [2.05, 4.69) is 13.0 Å². The molecule has 1 unspecified atom stereocenters. The van der Waals surface area contributed by atoms with Crippen LogP contribution in [0.5, 0.6) is 0 Å². The Kier molecular flexibility index (Phi) is 6.25. The number of aryl methyl sites for hydroxylation is 1. The van der Waals surface area contributed by atoms with Crippen LogP contribution in [0.3, 0.4) is 0 Å². The number of hydrogen-bond donors (Lipinski definition) is 0. The zero-order chi connectivity index (χ0) is 14.2. The number of carbonyl (C=O) groups is 1. The Morgan fingerprint density at radius 1 is 1.10 bits per heavy atom. The third-order valence-electron chi connectivity index (χ3n) is 4.07. The molecule has 1 atom stereocenters. The Morgan fingerprint density at radius 3 is 2.70 bits per heavy atom. The van der Waals surface area contributed by atoms with E-state index in [4.69, 9.17) is 4.74 Å². The predicted molar refractivity (Wildman–Crippen MR) is 82.2 cm³/mol. The fourth-order valence-electron chi connectivity index (χ4n) is 2.84. The normalized spacial score (nSPS) is 18.1. The molecule has 0 saturated carbocycles. The zero-order valence-corrected chi connectivity index (χ0v) is 12.6. The molecule has 20 heavy (non-hydrogen) atoms. The fourth-order valence-corrected chi connectivity index (χ4v) is 2.84. The van der Waals surface area contributed by atoms with E-state index in [9.17, 15) is 4.79 Å². The van der Waals surface area contributed by atoms with E-state index < -0.39 is 0 Å². The quantitative estimate of drug-likeness (QED) is 0.649. The molecule has 110 valence electrons. The lowest BCUT2D eigenvalue weighted by molar-refractivity contribution is 0.0342. The summed E-state index contributed by atoms with van der Waals surface area (Å²) in [4.78, 5) is 12.3. The number of ketones is 1. The molecule has 0 heterocycles. The van der Waals surface area contributed by atoms with E-state index in [1.165, 1.54) is 37.7 Å². The van der Waals surface area contributed by atoms with Crippen molar-refractivity contribution < 1.29 is 9.53 Å². The Bertz CT molecular complexity index is 425. The molecule has 0 fully saturated rings. The summed E-state index contributed by atoms with van der Waals surface area (Å²) in [6.45, 7) is 2.96. The molecular weight excluding hydrogens is 248 g/mol. The first-order valence-corrected chi connectivity index (χ1v) is 8.06. The zero-order valence-electron chi connectivity index (χ0n) is 12.6. The second-order valence-electron chi connectivity index (χ2n) is 5.69. The van der Waals surface area contributed by atoms with Crippen LogP contribution in [0.2, 0.25) is 0 Å². The van der Waals surface area contributed by atoms with Gasteiger partial charge in [-0.25, -0.2) is 0 Å². The van der Waals surface area contributed by atoms with Gasteiger partial charge in [0.05, 0.1) is 0 Å². The summed E-state index contributed by atoms with van der Waals surface area (Å²) < 4.78 is 5.81. The lowest BCUT2D eigenvalue weighted by Gasteiger charge is -2.23. The first-order chi connectivity index (χ1) is 9.83. The van der Waals surface area contributed by atoms with Crippen LogP contribution >= 0.6 is 0 Å². The number of Topliss-reactive ketones (excluding diaryl/α,β-unsaturated/α-hetero) is 1. The number of unbranched alkanes of at least 4 members (excludes halogenated alkanes) is 5. The van der Waals surface area contributed by atoms with Gasteiger partial charge in [-0.15, -0.1) is 0 Å². The highest BCUT2D eigenvalue weighted by molar-refractivity contribution is 6.01. The van der Waals surface area contributed by atoms with E-state index in [1.54, 1.807) is 0 Å². The lowest BCUT2D eigenvalue weighted by Crippen LogP contribution is -2.30. The molecule has 1 aliphatic carbocycles. The van der Waals surface area contributed by atoms with E-state index in [0.29, 0.717) is 0 Å². The maximum absolute atomic E-state index is 12.3. The van der Waals surface area contributed by atoms with Gasteiger partial charge < -0.3 is 4.74 Å². The molecule has 0 saturated heterocycles. The fraction of sp³-hybridized carbons (Fsp3) is 0.611. The Labute approximate surface area is 122 Å². The van der Waals surface area contributed by atoms with Crippen molar-refractivity contribution in [3.63, 3.8) is 0 Å². The van der Waals surface area contributed by atoms with Gasteiger partial charge in [-0.05, 0) is 24.8 Å². The molecule has 0 aliphatic heterocycles. The molecule has 1 aromatic carbocycles. The van der Waals surface area contributed by atoms with Crippen LogP contribution in [0.15, 0.2) is 24.3 Å². The largest absolute Gasteiger partial charge is 0.370 e. The summed E-state index contributed by atoms with van der Waals surface area (Å²) in [5.74, 6) is 0.179. The molecule has 1 aliphatic rings. The van der Waals surface area contributed by atoms with E-state index in [1.807, 2.05) is 18.2 Å². The molecular formula is C18H26O2. The van der Waals surface area contributed by atoms with Crippen LogP contribution in [0.25, 0.3) is 0 Å². The number of rotatable bonds is 8.